The molecule has 0 atom stereocenters. The summed E-state index contributed by atoms with van der Waals surface area (Å²) in [5.74, 6) is 2.03. The highest BCUT2D eigenvalue weighted by Crippen LogP contribution is 2.26. The number of amides is 1. The number of ether oxygens (including phenoxy) is 1. The van der Waals surface area contributed by atoms with Gasteiger partial charge in [-0.25, -0.2) is 4.98 Å². The predicted octanol–water partition coefficient (Wildman–Crippen LogP) is 2.37. The molecule has 2 aromatic rings. The number of carbonyl (C=O) groups is 1. The summed E-state index contributed by atoms with van der Waals surface area (Å²) in [4.78, 5) is 21.3. The van der Waals surface area contributed by atoms with Gasteiger partial charge in [0.05, 0.1) is 6.61 Å². The highest BCUT2D eigenvalue weighted by Gasteiger charge is 2.23. The van der Waals surface area contributed by atoms with E-state index in [0.29, 0.717) is 0 Å². The van der Waals surface area contributed by atoms with Crippen LogP contribution in [-0.2, 0) is 6.42 Å². The normalized spacial score (nSPS) is 17.2. The van der Waals surface area contributed by atoms with Crippen molar-refractivity contribution in [3.63, 3.8) is 0 Å². The number of hydrogen-bond acceptors (Lipinski definition) is 4. The first-order chi connectivity index (χ1) is 11.8. The maximum Gasteiger partial charge on any atom is 0.253 e. The van der Waals surface area contributed by atoms with Crippen molar-refractivity contribution in [2.45, 2.75) is 12.8 Å². The maximum atomic E-state index is 12.8. The monoisotopic (exact) mass is 323 g/mol. The van der Waals surface area contributed by atoms with Gasteiger partial charge < -0.3 is 14.5 Å². The molecular formula is C19H21N3O2. The molecule has 1 amide bonds. The number of rotatable bonds is 2. The lowest BCUT2D eigenvalue weighted by molar-refractivity contribution is 0.0746. The van der Waals surface area contributed by atoms with E-state index in [-0.39, 0.29) is 5.91 Å². The molecule has 0 radical (unpaired) electrons. The van der Waals surface area contributed by atoms with Crippen LogP contribution in [0.4, 0.5) is 5.82 Å². The first kappa shape index (κ1) is 15.0. The quantitative estimate of drug-likeness (QED) is 0.851. The largest absolute Gasteiger partial charge is 0.493 e. The summed E-state index contributed by atoms with van der Waals surface area (Å²) in [6.45, 7) is 3.86. The van der Waals surface area contributed by atoms with E-state index in [4.69, 9.17) is 4.74 Å². The molecule has 1 saturated heterocycles. The average molecular weight is 323 g/mol. The van der Waals surface area contributed by atoms with Gasteiger partial charge >= 0.3 is 0 Å². The minimum Gasteiger partial charge on any atom is -0.493 e. The smallest absolute Gasteiger partial charge is 0.253 e. The number of hydrogen-bond donors (Lipinski definition) is 0. The molecule has 0 N–H and O–H groups in total. The van der Waals surface area contributed by atoms with Gasteiger partial charge in [0.2, 0.25) is 0 Å². The lowest BCUT2D eigenvalue weighted by Crippen LogP contribution is -2.49. The first-order valence-corrected chi connectivity index (χ1v) is 8.52. The molecule has 0 saturated carbocycles. The molecule has 1 aromatic carbocycles. The highest BCUT2D eigenvalue weighted by molar-refractivity contribution is 5.94. The van der Waals surface area contributed by atoms with Crippen molar-refractivity contribution < 1.29 is 9.53 Å². The molecule has 2 aliphatic heterocycles. The summed E-state index contributed by atoms with van der Waals surface area (Å²) in [6, 6.07) is 11.8. The number of carbonyl (C=O) groups excluding carboxylic acids is 1. The number of fused-ring (bicyclic) bond motifs is 1. The molecule has 0 aliphatic carbocycles. The molecule has 0 bridgehead atoms. The molecule has 24 heavy (non-hydrogen) atoms. The van der Waals surface area contributed by atoms with Crippen molar-refractivity contribution in [2.75, 3.05) is 37.7 Å². The van der Waals surface area contributed by atoms with Gasteiger partial charge in [-0.1, -0.05) is 6.07 Å². The summed E-state index contributed by atoms with van der Waals surface area (Å²) in [6.07, 6.45) is 3.82. The Balaban J connectivity index is 1.43. The number of aryl methyl sites for hydroxylation is 1. The Kier molecular flexibility index (Phi) is 4.07. The van der Waals surface area contributed by atoms with Gasteiger partial charge in [0.1, 0.15) is 11.6 Å². The minimum absolute atomic E-state index is 0.115. The second-order valence-corrected chi connectivity index (χ2v) is 6.24. The summed E-state index contributed by atoms with van der Waals surface area (Å²) in [7, 11) is 0. The number of anilines is 1. The molecule has 4 rings (SSSR count). The van der Waals surface area contributed by atoms with E-state index >= 15 is 0 Å². The van der Waals surface area contributed by atoms with Crippen molar-refractivity contribution in [3.8, 4) is 5.75 Å². The minimum atomic E-state index is 0.115. The Hall–Kier alpha value is -2.56. The van der Waals surface area contributed by atoms with Crippen LogP contribution in [0.5, 0.6) is 5.75 Å². The number of nitrogens with zero attached hydrogens (tertiary/aromatic N) is 3. The average Bonchev–Trinajstić information content (AvgIpc) is 2.68. The second kappa shape index (κ2) is 6.51. The van der Waals surface area contributed by atoms with Gasteiger partial charge in [-0.2, -0.15) is 0 Å². The van der Waals surface area contributed by atoms with Crippen LogP contribution >= 0.6 is 0 Å². The Morgan fingerprint density at radius 1 is 1.08 bits per heavy atom. The molecule has 1 fully saturated rings. The summed E-state index contributed by atoms with van der Waals surface area (Å²) >= 11 is 0. The zero-order chi connectivity index (χ0) is 16.4. The van der Waals surface area contributed by atoms with Gasteiger partial charge in [-0.15, -0.1) is 0 Å². The molecule has 1 aromatic heterocycles. The first-order valence-electron chi connectivity index (χ1n) is 8.52. The van der Waals surface area contributed by atoms with Crippen molar-refractivity contribution in [1.82, 2.24) is 9.88 Å². The Morgan fingerprint density at radius 3 is 2.75 bits per heavy atom. The topological polar surface area (TPSA) is 45.7 Å². The number of aromatic nitrogens is 1. The highest BCUT2D eigenvalue weighted by atomic mass is 16.5. The molecule has 3 heterocycles. The standard InChI is InChI=1S/C19H21N3O2/c23-19(16-6-7-17-15(14-16)4-3-13-24-17)22-11-9-21(10-12-22)18-5-1-2-8-20-18/h1-2,5-8,14H,3-4,9-13H2. The van der Waals surface area contributed by atoms with Crippen LogP contribution in [0.25, 0.3) is 0 Å². The zero-order valence-corrected chi connectivity index (χ0v) is 13.6. The Labute approximate surface area is 141 Å². The molecule has 0 spiro atoms. The Bertz CT molecular complexity index is 725. The fourth-order valence-corrected chi connectivity index (χ4v) is 3.36. The van der Waals surface area contributed by atoms with Gasteiger partial charge in [-0.05, 0) is 48.7 Å². The van der Waals surface area contributed by atoms with Crippen molar-refractivity contribution in [2.24, 2.45) is 0 Å². The molecule has 0 unspecified atom stereocenters. The third-order valence-corrected chi connectivity index (χ3v) is 4.70. The summed E-state index contributed by atoms with van der Waals surface area (Å²) in [5, 5.41) is 0. The van der Waals surface area contributed by atoms with Crippen LogP contribution in [0, 0.1) is 0 Å². The molecule has 5 nitrogen and oxygen atoms in total. The van der Waals surface area contributed by atoms with Crippen LogP contribution in [0.1, 0.15) is 22.3 Å². The van der Waals surface area contributed by atoms with E-state index in [1.165, 1.54) is 0 Å². The third kappa shape index (κ3) is 2.94. The van der Waals surface area contributed by atoms with E-state index in [0.717, 1.165) is 68.3 Å². The number of pyridine rings is 1. The lowest BCUT2D eigenvalue weighted by Gasteiger charge is -2.35. The third-order valence-electron chi connectivity index (χ3n) is 4.70. The fourth-order valence-electron chi connectivity index (χ4n) is 3.36. The molecule has 5 heteroatoms. The van der Waals surface area contributed by atoms with Gasteiger partial charge in [0, 0.05) is 37.9 Å². The molecule has 124 valence electrons. The lowest BCUT2D eigenvalue weighted by atomic mass is 10.0. The maximum absolute atomic E-state index is 12.8. The van der Waals surface area contributed by atoms with Gasteiger partial charge in [0.25, 0.3) is 5.91 Å². The van der Waals surface area contributed by atoms with E-state index in [9.17, 15) is 4.79 Å². The number of benzene rings is 1. The fraction of sp³-hybridized carbons (Fsp3) is 0.368. The summed E-state index contributed by atoms with van der Waals surface area (Å²) in [5.41, 5.74) is 1.92. The van der Waals surface area contributed by atoms with E-state index in [2.05, 4.69) is 9.88 Å². The summed E-state index contributed by atoms with van der Waals surface area (Å²) < 4.78 is 5.63. The van der Waals surface area contributed by atoms with Gasteiger partial charge in [0.15, 0.2) is 0 Å². The van der Waals surface area contributed by atoms with E-state index in [1.807, 2.05) is 47.5 Å². The van der Waals surface area contributed by atoms with Crippen LogP contribution < -0.4 is 9.64 Å². The van der Waals surface area contributed by atoms with Crippen molar-refractivity contribution in [3.05, 3.63) is 53.7 Å². The SMILES string of the molecule is O=C(c1ccc2c(c1)CCCO2)N1CCN(c2ccccn2)CC1. The molecule has 2 aliphatic rings. The number of piperazine rings is 1. The second-order valence-electron chi connectivity index (χ2n) is 6.24. The van der Waals surface area contributed by atoms with Crippen molar-refractivity contribution >= 4 is 11.7 Å². The van der Waals surface area contributed by atoms with E-state index in [1.54, 1.807) is 0 Å². The Morgan fingerprint density at radius 2 is 1.96 bits per heavy atom. The van der Waals surface area contributed by atoms with Crippen LogP contribution in [0.3, 0.4) is 0 Å². The van der Waals surface area contributed by atoms with Crippen LogP contribution in [0.2, 0.25) is 0 Å². The predicted molar refractivity (Wildman–Crippen MR) is 92.6 cm³/mol. The van der Waals surface area contributed by atoms with Crippen molar-refractivity contribution in [1.29, 1.82) is 0 Å². The van der Waals surface area contributed by atoms with Gasteiger partial charge in [-0.3, -0.25) is 4.79 Å². The van der Waals surface area contributed by atoms with Crippen LogP contribution in [0.15, 0.2) is 42.6 Å². The van der Waals surface area contributed by atoms with Crippen LogP contribution in [-0.4, -0.2) is 48.6 Å². The molecular weight excluding hydrogens is 302 g/mol. The van der Waals surface area contributed by atoms with E-state index < -0.39 is 0 Å². The zero-order valence-electron chi connectivity index (χ0n) is 13.6.